The quantitative estimate of drug-likeness (QED) is 0.926. The molecule has 0 spiro atoms. The molecule has 1 aromatic heterocycles. The Morgan fingerprint density at radius 3 is 2.84 bits per heavy atom. The molecule has 1 aromatic carbocycles. The normalized spacial score (nSPS) is 13.8. The first kappa shape index (κ1) is 12.6. The molecule has 0 aliphatic heterocycles. The number of nitrogens with zero attached hydrogens (tertiary/aromatic N) is 1. The minimum absolute atomic E-state index is 0.597. The number of fused-ring (bicyclic) bond motifs is 3. The van der Waals surface area contributed by atoms with E-state index in [-0.39, 0.29) is 0 Å². The molecule has 100 valence electrons. The van der Waals surface area contributed by atoms with Crippen molar-refractivity contribution in [1.29, 1.82) is 0 Å². The minimum Gasteiger partial charge on any atom is -0.284 e. The smallest absolute Gasteiger partial charge is 0.229 e. The van der Waals surface area contributed by atoms with Crippen LogP contribution < -0.4 is 4.72 Å². The zero-order chi connectivity index (χ0) is 13.6. The van der Waals surface area contributed by atoms with E-state index >= 15 is 0 Å². The summed E-state index contributed by atoms with van der Waals surface area (Å²) >= 11 is 1.72. The second-order valence-electron chi connectivity index (χ2n) is 4.75. The summed E-state index contributed by atoms with van der Waals surface area (Å²) in [5, 5.41) is 1.05. The summed E-state index contributed by atoms with van der Waals surface area (Å²) in [6, 6.07) is 5.68. The number of aromatic nitrogens is 1. The van der Waals surface area contributed by atoms with Gasteiger partial charge in [-0.1, -0.05) is 6.07 Å². The highest BCUT2D eigenvalue weighted by Gasteiger charge is 2.20. The van der Waals surface area contributed by atoms with Gasteiger partial charge in [-0.3, -0.25) is 4.72 Å². The molecule has 0 saturated carbocycles. The van der Waals surface area contributed by atoms with Crippen LogP contribution in [0.4, 0.5) is 5.69 Å². The number of thiazole rings is 1. The highest BCUT2D eigenvalue weighted by molar-refractivity contribution is 7.92. The molecule has 1 heterocycles. The number of aryl methyl sites for hydroxylation is 3. The molecule has 1 N–H and O–H groups in total. The van der Waals surface area contributed by atoms with Crippen LogP contribution in [0.25, 0.3) is 11.3 Å². The molecule has 0 amide bonds. The summed E-state index contributed by atoms with van der Waals surface area (Å²) in [5.74, 6) is 0. The zero-order valence-corrected chi connectivity index (χ0v) is 12.4. The Hall–Kier alpha value is -1.40. The van der Waals surface area contributed by atoms with Crippen molar-refractivity contribution in [2.75, 3.05) is 11.0 Å². The minimum atomic E-state index is -3.24. The predicted octanol–water partition coefficient (Wildman–Crippen LogP) is 2.59. The van der Waals surface area contributed by atoms with E-state index in [1.807, 2.05) is 25.1 Å². The third-order valence-electron chi connectivity index (χ3n) is 3.09. The van der Waals surface area contributed by atoms with E-state index in [9.17, 15) is 8.42 Å². The van der Waals surface area contributed by atoms with E-state index in [1.165, 1.54) is 10.4 Å². The number of hydrogen-bond acceptors (Lipinski definition) is 4. The maximum Gasteiger partial charge on any atom is 0.229 e. The monoisotopic (exact) mass is 294 g/mol. The van der Waals surface area contributed by atoms with Crippen LogP contribution in [-0.2, 0) is 22.9 Å². The van der Waals surface area contributed by atoms with Gasteiger partial charge in [-0.05, 0) is 37.5 Å². The van der Waals surface area contributed by atoms with Crippen molar-refractivity contribution in [2.45, 2.75) is 19.8 Å². The Balaban J connectivity index is 2.10. The number of sulfonamides is 1. The lowest BCUT2D eigenvalue weighted by molar-refractivity contribution is 0.607. The molecular weight excluding hydrogens is 280 g/mol. The topological polar surface area (TPSA) is 59.1 Å². The maximum absolute atomic E-state index is 11.3. The van der Waals surface area contributed by atoms with Gasteiger partial charge in [-0.2, -0.15) is 0 Å². The molecule has 1 aliphatic carbocycles. The molecule has 0 radical (unpaired) electrons. The summed E-state index contributed by atoms with van der Waals surface area (Å²) in [6.45, 7) is 2.00. The van der Waals surface area contributed by atoms with Gasteiger partial charge in [0.2, 0.25) is 10.0 Å². The Bertz CT molecular complexity index is 748. The molecule has 0 fully saturated rings. The number of anilines is 1. The van der Waals surface area contributed by atoms with E-state index in [4.69, 9.17) is 0 Å². The van der Waals surface area contributed by atoms with Crippen molar-refractivity contribution >= 4 is 27.0 Å². The van der Waals surface area contributed by atoms with Crippen LogP contribution in [0.2, 0.25) is 0 Å². The van der Waals surface area contributed by atoms with Gasteiger partial charge in [-0.25, -0.2) is 13.4 Å². The van der Waals surface area contributed by atoms with Crippen LogP contribution >= 0.6 is 11.3 Å². The van der Waals surface area contributed by atoms with E-state index in [1.54, 1.807) is 11.3 Å². The highest BCUT2D eigenvalue weighted by Crippen LogP contribution is 2.37. The number of nitrogens with one attached hydrogen (secondary N) is 1. The maximum atomic E-state index is 11.3. The van der Waals surface area contributed by atoms with Crippen molar-refractivity contribution < 1.29 is 8.42 Å². The summed E-state index contributed by atoms with van der Waals surface area (Å²) in [6.07, 6.45) is 3.17. The third kappa shape index (κ3) is 2.50. The fourth-order valence-corrected chi connectivity index (χ4v) is 3.89. The summed E-state index contributed by atoms with van der Waals surface area (Å²) in [5.41, 5.74) is 3.90. The first-order valence-corrected chi connectivity index (χ1v) is 8.70. The largest absolute Gasteiger partial charge is 0.284 e. The van der Waals surface area contributed by atoms with Crippen LogP contribution in [0.3, 0.4) is 0 Å². The highest BCUT2D eigenvalue weighted by atomic mass is 32.2. The SMILES string of the molecule is Cc1nc2c(s1)CCc1ccc(NS(C)(=O)=O)cc1-2. The molecule has 19 heavy (non-hydrogen) atoms. The molecule has 0 unspecified atom stereocenters. The standard InChI is InChI=1S/C13H14N2O2S2/c1-8-14-13-11-7-10(15-19(2,16)17)5-3-9(11)4-6-12(13)18-8/h3,5,7,15H,4,6H2,1-2H3. The summed E-state index contributed by atoms with van der Waals surface area (Å²) in [4.78, 5) is 5.86. The van der Waals surface area contributed by atoms with Gasteiger partial charge in [0.05, 0.1) is 17.0 Å². The van der Waals surface area contributed by atoms with E-state index < -0.39 is 10.0 Å². The second-order valence-corrected chi connectivity index (χ2v) is 7.79. The van der Waals surface area contributed by atoms with Crippen molar-refractivity contribution in [3.05, 3.63) is 33.6 Å². The lowest BCUT2D eigenvalue weighted by Gasteiger charge is -2.16. The predicted molar refractivity (Wildman–Crippen MR) is 78.2 cm³/mol. The summed E-state index contributed by atoms with van der Waals surface area (Å²) < 4.78 is 25.1. The number of benzene rings is 1. The fourth-order valence-electron chi connectivity index (χ4n) is 2.39. The Morgan fingerprint density at radius 1 is 1.32 bits per heavy atom. The summed E-state index contributed by atoms with van der Waals surface area (Å²) in [7, 11) is -3.24. The van der Waals surface area contributed by atoms with E-state index in [2.05, 4.69) is 9.71 Å². The lowest BCUT2D eigenvalue weighted by atomic mass is 9.93. The molecule has 4 nitrogen and oxygen atoms in total. The molecule has 0 atom stereocenters. The Kier molecular flexibility index (Phi) is 2.87. The van der Waals surface area contributed by atoms with Gasteiger partial charge in [0.1, 0.15) is 0 Å². The first-order chi connectivity index (χ1) is 8.92. The molecule has 3 rings (SSSR count). The Morgan fingerprint density at radius 2 is 2.11 bits per heavy atom. The Labute approximate surface area is 116 Å². The van der Waals surface area contributed by atoms with Crippen LogP contribution in [0.15, 0.2) is 18.2 Å². The average Bonchev–Trinajstić information content (AvgIpc) is 2.67. The van der Waals surface area contributed by atoms with Crippen molar-refractivity contribution in [2.24, 2.45) is 0 Å². The van der Waals surface area contributed by atoms with Gasteiger partial charge in [0.25, 0.3) is 0 Å². The van der Waals surface area contributed by atoms with E-state index in [0.29, 0.717) is 5.69 Å². The van der Waals surface area contributed by atoms with Gasteiger partial charge in [0, 0.05) is 16.1 Å². The van der Waals surface area contributed by atoms with Crippen molar-refractivity contribution in [1.82, 2.24) is 4.98 Å². The van der Waals surface area contributed by atoms with Crippen molar-refractivity contribution in [3.63, 3.8) is 0 Å². The molecule has 0 saturated heterocycles. The molecule has 2 aromatic rings. The van der Waals surface area contributed by atoms with Crippen LogP contribution in [-0.4, -0.2) is 19.7 Å². The van der Waals surface area contributed by atoms with Gasteiger partial charge in [0.15, 0.2) is 0 Å². The molecule has 6 heteroatoms. The van der Waals surface area contributed by atoms with Crippen LogP contribution in [0.1, 0.15) is 15.4 Å². The molecule has 1 aliphatic rings. The van der Waals surface area contributed by atoms with E-state index in [0.717, 1.165) is 35.4 Å². The second kappa shape index (κ2) is 4.31. The van der Waals surface area contributed by atoms with Crippen LogP contribution in [0.5, 0.6) is 0 Å². The van der Waals surface area contributed by atoms with Gasteiger partial charge >= 0.3 is 0 Å². The fraction of sp³-hybridized carbons (Fsp3) is 0.308. The third-order valence-corrected chi connectivity index (χ3v) is 4.73. The number of hydrogen-bond donors (Lipinski definition) is 1. The molecular formula is C13H14N2O2S2. The lowest BCUT2D eigenvalue weighted by Crippen LogP contribution is -2.10. The first-order valence-electron chi connectivity index (χ1n) is 6.00. The average molecular weight is 294 g/mol. The van der Waals surface area contributed by atoms with Gasteiger partial charge in [-0.15, -0.1) is 11.3 Å². The van der Waals surface area contributed by atoms with Crippen molar-refractivity contribution in [3.8, 4) is 11.3 Å². The zero-order valence-electron chi connectivity index (χ0n) is 10.7. The van der Waals surface area contributed by atoms with Gasteiger partial charge < -0.3 is 0 Å². The van der Waals surface area contributed by atoms with Crippen LogP contribution in [0, 0.1) is 6.92 Å². The molecule has 0 bridgehead atoms. The number of rotatable bonds is 2.